The molecule has 0 aliphatic carbocycles. The van der Waals surface area contributed by atoms with E-state index < -0.39 is 0 Å². The highest BCUT2D eigenvalue weighted by molar-refractivity contribution is 5.88. The van der Waals surface area contributed by atoms with Gasteiger partial charge in [0.25, 0.3) is 0 Å². The highest BCUT2D eigenvalue weighted by Gasteiger charge is 2.43. The maximum absolute atomic E-state index is 13.3. The third-order valence-corrected chi connectivity index (χ3v) is 5.20. The Morgan fingerprint density at radius 3 is 2.38 bits per heavy atom. The van der Waals surface area contributed by atoms with Gasteiger partial charge in [0.05, 0.1) is 5.41 Å². The molecule has 2 unspecified atom stereocenters. The van der Waals surface area contributed by atoms with Gasteiger partial charge in [0, 0.05) is 12.6 Å². The number of carbonyl (C=O) groups excluding carboxylic acids is 1. The Hall–Kier alpha value is -1.35. The van der Waals surface area contributed by atoms with E-state index in [1.807, 2.05) is 18.2 Å². The first-order chi connectivity index (χ1) is 10.1. The number of nitrogens with zero attached hydrogens (tertiary/aromatic N) is 1. The molecule has 1 aromatic rings. The smallest absolute Gasteiger partial charge is 0.233 e. The molecule has 1 fully saturated rings. The number of nitrogens with two attached hydrogens (primary N) is 1. The molecule has 2 rings (SSSR count). The summed E-state index contributed by atoms with van der Waals surface area (Å²) in [6.45, 7) is 7.87. The molecular formula is C18H28N2O. The zero-order valence-corrected chi connectivity index (χ0v) is 13.5. The van der Waals surface area contributed by atoms with Gasteiger partial charge in [-0.05, 0) is 44.2 Å². The molecule has 1 aliphatic heterocycles. The van der Waals surface area contributed by atoms with Gasteiger partial charge in [-0.2, -0.15) is 0 Å². The van der Waals surface area contributed by atoms with E-state index in [-0.39, 0.29) is 11.3 Å². The molecular weight excluding hydrogens is 260 g/mol. The molecule has 2 N–H and O–H groups in total. The van der Waals surface area contributed by atoms with E-state index in [9.17, 15) is 4.79 Å². The van der Waals surface area contributed by atoms with Crippen LogP contribution in [0.5, 0.6) is 0 Å². The van der Waals surface area contributed by atoms with E-state index in [0.717, 1.165) is 31.4 Å². The molecule has 0 bridgehead atoms. The van der Waals surface area contributed by atoms with Crippen molar-refractivity contribution in [3.05, 3.63) is 35.9 Å². The minimum Gasteiger partial charge on any atom is -0.339 e. The van der Waals surface area contributed by atoms with Crippen molar-refractivity contribution < 1.29 is 4.79 Å². The summed E-state index contributed by atoms with van der Waals surface area (Å²) in [6, 6.07) is 10.5. The lowest BCUT2D eigenvalue weighted by Crippen LogP contribution is -2.48. The van der Waals surface area contributed by atoms with Crippen LogP contribution >= 0.6 is 0 Å². The molecule has 1 aromatic carbocycles. The first-order valence-corrected chi connectivity index (χ1v) is 8.15. The van der Waals surface area contributed by atoms with Crippen LogP contribution in [0, 0.1) is 5.92 Å². The molecule has 1 saturated heterocycles. The minimum atomic E-state index is -0.390. The molecule has 1 heterocycles. The quantitative estimate of drug-likeness (QED) is 0.905. The molecule has 0 spiro atoms. The lowest BCUT2D eigenvalue weighted by molar-refractivity contribution is -0.138. The van der Waals surface area contributed by atoms with E-state index in [4.69, 9.17) is 5.73 Å². The Balaban J connectivity index is 2.33. The van der Waals surface area contributed by atoms with Crippen LogP contribution in [-0.4, -0.2) is 29.9 Å². The summed E-state index contributed by atoms with van der Waals surface area (Å²) in [6.07, 6.45) is 2.70. The van der Waals surface area contributed by atoms with Crippen LogP contribution in [0.15, 0.2) is 30.3 Å². The molecule has 1 amide bonds. The number of likely N-dealkylation sites (tertiary alicyclic amines) is 1. The summed E-state index contributed by atoms with van der Waals surface area (Å²) in [5.74, 6) is 0.730. The van der Waals surface area contributed by atoms with Gasteiger partial charge < -0.3 is 10.6 Å². The van der Waals surface area contributed by atoms with Crippen molar-refractivity contribution in [2.75, 3.05) is 13.1 Å². The summed E-state index contributed by atoms with van der Waals surface area (Å²) in [7, 11) is 0. The number of hydrogen-bond acceptors (Lipinski definition) is 2. The zero-order valence-electron chi connectivity index (χ0n) is 13.5. The Morgan fingerprint density at radius 2 is 1.90 bits per heavy atom. The van der Waals surface area contributed by atoms with Gasteiger partial charge in [-0.1, -0.05) is 44.2 Å². The monoisotopic (exact) mass is 288 g/mol. The Bertz CT molecular complexity index is 467. The van der Waals surface area contributed by atoms with Crippen LogP contribution < -0.4 is 5.73 Å². The van der Waals surface area contributed by atoms with Gasteiger partial charge in [-0.25, -0.2) is 0 Å². The third kappa shape index (κ3) is 2.84. The maximum atomic E-state index is 13.3. The number of carbonyl (C=O) groups is 1. The first kappa shape index (κ1) is 16.0. The van der Waals surface area contributed by atoms with E-state index in [0.29, 0.717) is 18.5 Å². The topological polar surface area (TPSA) is 46.3 Å². The highest BCUT2D eigenvalue weighted by Crippen LogP contribution is 2.36. The summed E-state index contributed by atoms with van der Waals surface area (Å²) >= 11 is 0. The van der Waals surface area contributed by atoms with Gasteiger partial charge in [0.2, 0.25) is 5.91 Å². The first-order valence-electron chi connectivity index (χ1n) is 8.15. The van der Waals surface area contributed by atoms with Crippen molar-refractivity contribution in [1.82, 2.24) is 4.90 Å². The normalized spacial score (nSPS) is 22.6. The lowest BCUT2D eigenvalue weighted by atomic mass is 9.74. The van der Waals surface area contributed by atoms with Crippen LogP contribution in [0.4, 0.5) is 0 Å². The van der Waals surface area contributed by atoms with Crippen LogP contribution in [0.1, 0.15) is 45.6 Å². The van der Waals surface area contributed by atoms with Crippen molar-refractivity contribution in [3.8, 4) is 0 Å². The van der Waals surface area contributed by atoms with E-state index in [1.54, 1.807) is 0 Å². The second-order valence-corrected chi connectivity index (χ2v) is 6.30. The SMILES string of the molecule is CCC(CC)(C(=O)N1CC(CN)CC1C)c1ccccc1. The molecule has 3 heteroatoms. The van der Waals surface area contributed by atoms with Gasteiger partial charge in [0.1, 0.15) is 0 Å². The van der Waals surface area contributed by atoms with Gasteiger partial charge >= 0.3 is 0 Å². The molecule has 0 saturated carbocycles. The molecule has 1 aliphatic rings. The summed E-state index contributed by atoms with van der Waals surface area (Å²) < 4.78 is 0. The fraction of sp³-hybridized carbons (Fsp3) is 0.611. The van der Waals surface area contributed by atoms with Gasteiger partial charge in [-0.3, -0.25) is 4.79 Å². The largest absolute Gasteiger partial charge is 0.339 e. The molecule has 3 nitrogen and oxygen atoms in total. The van der Waals surface area contributed by atoms with Crippen molar-refractivity contribution in [1.29, 1.82) is 0 Å². The second-order valence-electron chi connectivity index (χ2n) is 6.30. The number of rotatable bonds is 5. The van der Waals surface area contributed by atoms with Gasteiger partial charge in [0.15, 0.2) is 0 Å². The fourth-order valence-corrected chi connectivity index (χ4v) is 3.71. The number of hydrogen-bond donors (Lipinski definition) is 1. The predicted octanol–water partition coefficient (Wildman–Crippen LogP) is 2.94. The maximum Gasteiger partial charge on any atom is 0.233 e. The standard InChI is InChI=1S/C18H28N2O/c1-4-18(5-2,16-9-7-6-8-10-16)17(21)20-13-15(12-19)11-14(20)3/h6-10,14-15H,4-5,11-13,19H2,1-3H3. The number of benzene rings is 1. The highest BCUT2D eigenvalue weighted by atomic mass is 16.2. The van der Waals surface area contributed by atoms with E-state index >= 15 is 0 Å². The fourth-order valence-electron chi connectivity index (χ4n) is 3.71. The second kappa shape index (κ2) is 6.61. The predicted molar refractivity (Wildman–Crippen MR) is 87.0 cm³/mol. The molecule has 2 atom stereocenters. The summed E-state index contributed by atoms with van der Waals surface area (Å²) in [4.78, 5) is 15.4. The average molecular weight is 288 g/mol. The van der Waals surface area contributed by atoms with Crippen molar-refractivity contribution in [2.45, 2.75) is 51.5 Å². The van der Waals surface area contributed by atoms with Crippen molar-refractivity contribution in [3.63, 3.8) is 0 Å². The third-order valence-electron chi connectivity index (χ3n) is 5.20. The van der Waals surface area contributed by atoms with Crippen LogP contribution in [0.25, 0.3) is 0 Å². The van der Waals surface area contributed by atoms with Crippen molar-refractivity contribution >= 4 is 5.91 Å². The Morgan fingerprint density at radius 1 is 1.29 bits per heavy atom. The van der Waals surface area contributed by atoms with E-state index in [1.165, 1.54) is 0 Å². The van der Waals surface area contributed by atoms with Crippen LogP contribution in [-0.2, 0) is 10.2 Å². The molecule has 0 radical (unpaired) electrons. The lowest BCUT2D eigenvalue weighted by Gasteiger charge is -2.36. The Kier molecular flexibility index (Phi) is 5.04. The number of amides is 1. The molecule has 116 valence electrons. The van der Waals surface area contributed by atoms with E-state index in [2.05, 4.69) is 37.8 Å². The van der Waals surface area contributed by atoms with Gasteiger partial charge in [-0.15, -0.1) is 0 Å². The average Bonchev–Trinajstić information content (AvgIpc) is 2.91. The Labute approximate surface area is 128 Å². The summed E-state index contributed by atoms with van der Waals surface area (Å²) in [5.41, 5.74) is 6.56. The van der Waals surface area contributed by atoms with Crippen molar-refractivity contribution in [2.24, 2.45) is 11.7 Å². The zero-order chi connectivity index (χ0) is 15.5. The van der Waals surface area contributed by atoms with Crippen LogP contribution in [0.3, 0.4) is 0 Å². The van der Waals surface area contributed by atoms with Crippen LogP contribution in [0.2, 0.25) is 0 Å². The summed E-state index contributed by atoms with van der Waals surface area (Å²) in [5, 5.41) is 0. The molecule has 21 heavy (non-hydrogen) atoms. The minimum absolute atomic E-state index is 0.280. The molecule has 0 aromatic heterocycles.